The molecule has 19 heavy (non-hydrogen) atoms. The van der Waals surface area contributed by atoms with Crippen LogP contribution in [0.1, 0.15) is 11.4 Å². The van der Waals surface area contributed by atoms with E-state index in [9.17, 15) is 10.1 Å². The number of nitro benzene ring substituents is 1. The lowest BCUT2D eigenvalue weighted by molar-refractivity contribution is -0.385. The van der Waals surface area contributed by atoms with E-state index >= 15 is 0 Å². The number of nitro groups is 1. The Bertz CT molecular complexity index is 599. The molecule has 100 valence electrons. The Labute approximate surface area is 114 Å². The van der Waals surface area contributed by atoms with Crippen LogP contribution in [0, 0.1) is 10.1 Å². The Balaban J connectivity index is 2.32. The first-order chi connectivity index (χ1) is 9.11. The molecule has 1 aromatic heterocycles. The van der Waals surface area contributed by atoms with Crippen molar-refractivity contribution in [3.05, 3.63) is 51.1 Å². The Hall–Kier alpha value is -1.99. The van der Waals surface area contributed by atoms with Crippen molar-refractivity contribution in [3.8, 4) is 0 Å². The van der Waals surface area contributed by atoms with Crippen molar-refractivity contribution in [2.45, 2.75) is 13.1 Å². The summed E-state index contributed by atoms with van der Waals surface area (Å²) in [4.78, 5) is 14.6. The van der Waals surface area contributed by atoms with Gasteiger partial charge in [-0.25, -0.2) is 9.67 Å². The fraction of sp³-hybridized carbons (Fsp3) is 0.273. The maximum Gasteiger partial charge on any atom is 0.275 e. The molecule has 0 aliphatic rings. The summed E-state index contributed by atoms with van der Waals surface area (Å²) in [5.74, 6) is 0.715. The van der Waals surface area contributed by atoms with Crippen LogP contribution in [0.25, 0.3) is 0 Å². The third-order valence-corrected chi connectivity index (χ3v) is 2.83. The van der Waals surface area contributed by atoms with E-state index in [4.69, 9.17) is 11.6 Å². The lowest BCUT2D eigenvalue weighted by Crippen LogP contribution is -2.14. The van der Waals surface area contributed by atoms with Gasteiger partial charge in [-0.1, -0.05) is 11.6 Å². The summed E-state index contributed by atoms with van der Waals surface area (Å²) in [5.41, 5.74) is 0.524. The quantitative estimate of drug-likeness (QED) is 0.665. The molecule has 0 radical (unpaired) electrons. The smallest absolute Gasteiger partial charge is 0.275 e. The van der Waals surface area contributed by atoms with Gasteiger partial charge in [0.05, 0.1) is 23.6 Å². The van der Waals surface area contributed by atoms with E-state index in [1.165, 1.54) is 12.4 Å². The summed E-state index contributed by atoms with van der Waals surface area (Å²) < 4.78 is 1.62. The molecule has 8 heteroatoms. The first-order valence-corrected chi connectivity index (χ1v) is 5.93. The van der Waals surface area contributed by atoms with Crippen molar-refractivity contribution >= 4 is 17.3 Å². The van der Waals surface area contributed by atoms with E-state index in [0.717, 1.165) is 0 Å². The fourth-order valence-electron chi connectivity index (χ4n) is 1.72. The summed E-state index contributed by atoms with van der Waals surface area (Å²) in [7, 11) is 1.80. The number of benzene rings is 1. The maximum absolute atomic E-state index is 11.0. The Kier molecular flexibility index (Phi) is 4.08. The molecule has 0 fully saturated rings. The fourth-order valence-corrected chi connectivity index (χ4v) is 1.88. The molecule has 1 aromatic carbocycles. The Morgan fingerprint density at radius 2 is 2.32 bits per heavy atom. The predicted octanol–water partition coefficient (Wildman–Crippen LogP) is 1.61. The van der Waals surface area contributed by atoms with Gasteiger partial charge in [0.1, 0.15) is 12.2 Å². The van der Waals surface area contributed by atoms with Gasteiger partial charge in [-0.05, 0) is 19.2 Å². The van der Waals surface area contributed by atoms with Crippen LogP contribution in [0.3, 0.4) is 0 Å². The molecule has 0 aliphatic heterocycles. The van der Waals surface area contributed by atoms with Gasteiger partial charge in [0, 0.05) is 11.1 Å². The first kappa shape index (κ1) is 13.4. The normalized spacial score (nSPS) is 10.6. The van der Waals surface area contributed by atoms with Gasteiger partial charge in [0.25, 0.3) is 5.69 Å². The average molecular weight is 282 g/mol. The van der Waals surface area contributed by atoms with Gasteiger partial charge in [-0.2, -0.15) is 5.10 Å². The molecule has 0 saturated carbocycles. The van der Waals surface area contributed by atoms with Crippen LogP contribution in [0.2, 0.25) is 5.02 Å². The molecular weight excluding hydrogens is 270 g/mol. The number of hydrogen-bond donors (Lipinski definition) is 1. The predicted molar refractivity (Wildman–Crippen MR) is 70.0 cm³/mol. The Morgan fingerprint density at radius 3 is 3.00 bits per heavy atom. The molecule has 2 aromatic rings. The standard InChI is InChI=1S/C11H12ClN5O2/c1-13-5-11-14-7-15-16(11)6-8-2-3-9(12)4-10(8)17(18)19/h2-4,7,13H,5-6H2,1H3. The molecule has 2 rings (SSSR count). The SMILES string of the molecule is CNCc1ncnn1Cc1ccc(Cl)cc1[N+](=O)[O-]. The van der Waals surface area contributed by atoms with Crippen LogP contribution in [0.5, 0.6) is 0 Å². The highest BCUT2D eigenvalue weighted by Crippen LogP contribution is 2.24. The van der Waals surface area contributed by atoms with E-state index in [2.05, 4.69) is 15.4 Å². The number of hydrogen-bond acceptors (Lipinski definition) is 5. The molecule has 1 heterocycles. The van der Waals surface area contributed by atoms with Crippen molar-refractivity contribution < 1.29 is 4.92 Å². The average Bonchev–Trinajstić information content (AvgIpc) is 2.79. The molecule has 0 unspecified atom stereocenters. The van der Waals surface area contributed by atoms with E-state index in [-0.39, 0.29) is 12.2 Å². The van der Waals surface area contributed by atoms with E-state index in [1.54, 1.807) is 23.9 Å². The summed E-state index contributed by atoms with van der Waals surface area (Å²) in [6.07, 6.45) is 1.43. The first-order valence-electron chi connectivity index (χ1n) is 5.56. The summed E-state index contributed by atoms with van der Waals surface area (Å²) >= 11 is 5.77. The molecule has 0 amide bonds. The zero-order chi connectivity index (χ0) is 13.8. The monoisotopic (exact) mass is 281 g/mol. The second-order valence-corrected chi connectivity index (χ2v) is 4.33. The van der Waals surface area contributed by atoms with E-state index in [1.807, 2.05) is 0 Å². The summed E-state index contributed by atoms with van der Waals surface area (Å²) in [6, 6.07) is 4.59. The van der Waals surface area contributed by atoms with Crippen molar-refractivity contribution in [1.82, 2.24) is 20.1 Å². The second-order valence-electron chi connectivity index (χ2n) is 3.89. The van der Waals surface area contributed by atoms with Gasteiger partial charge in [0.2, 0.25) is 0 Å². The Morgan fingerprint density at radius 1 is 1.53 bits per heavy atom. The van der Waals surface area contributed by atoms with Gasteiger partial charge in [0.15, 0.2) is 0 Å². The number of halogens is 1. The second kappa shape index (κ2) is 5.77. The van der Waals surface area contributed by atoms with Crippen molar-refractivity contribution in [1.29, 1.82) is 0 Å². The molecular formula is C11H12ClN5O2. The topological polar surface area (TPSA) is 85.9 Å². The zero-order valence-electron chi connectivity index (χ0n) is 10.2. The molecule has 7 nitrogen and oxygen atoms in total. The third kappa shape index (κ3) is 3.07. The van der Waals surface area contributed by atoms with Crippen LogP contribution < -0.4 is 5.32 Å². The molecule has 0 bridgehead atoms. The number of aromatic nitrogens is 3. The van der Waals surface area contributed by atoms with Gasteiger partial charge < -0.3 is 5.32 Å². The molecule has 0 aliphatic carbocycles. The largest absolute Gasteiger partial charge is 0.313 e. The molecule has 0 atom stereocenters. The highest BCUT2D eigenvalue weighted by atomic mass is 35.5. The third-order valence-electron chi connectivity index (χ3n) is 2.59. The van der Waals surface area contributed by atoms with Gasteiger partial charge >= 0.3 is 0 Å². The van der Waals surface area contributed by atoms with Crippen molar-refractivity contribution in [3.63, 3.8) is 0 Å². The van der Waals surface area contributed by atoms with Crippen LogP contribution >= 0.6 is 11.6 Å². The number of nitrogens with zero attached hydrogens (tertiary/aromatic N) is 4. The number of rotatable bonds is 5. The van der Waals surface area contributed by atoms with Crippen molar-refractivity contribution in [2.75, 3.05) is 7.05 Å². The minimum atomic E-state index is -0.449. The van der Waals surface area contributed by atoms with Crippen LogP contribution in [0.15, 0.2) is 24.5 Å². The van der Waals surface area contributed by atoms with Gasteiger partial charge in [-0.3, -0.25) is 10.1 Å². The van der Waals surface area contributed by atoms with Gasteiger partial charge in [-0.15, -0.1) is 0 Å². The lowest BCUT2D eigenvalue weighted by Gasteiger charge is -2.06. The van der Waals surface area contributed by atoms with Crippen LogP contribution in [-0.2, 0) is 13.1 Å². The minimum Gasteiger partial charge on any atom is -0.313 e. The van der Waals surface area contributed by atoms with E-state index in [0.29, 0.717) is 23.0 Å². The highest BCUT2D eigenvalue weighted by molar-refractivity contribution is 6.30. The molecule has 0 spiro atoms. The highest BCUT2D eigenvalue weighted by Gasteiger charge is 2.16. The minimum absolute atomic E-state index is 0.0154. The van der Waals surface area contributed by atoms with Crippen LogP contribution in [-0.4, -0.2) is 26.7 Å². The van der Waals surface area contributed by atoms with Crippen molar-refractivity contribution in [2.24, 2.45) is 0 Å². The number of nitrogens with one attached hydrogen (secondary N) is 1. The lowest BCUT2D eigenvalue weighted by atomic mass is 10.2. The molecule has 0 saturated heterocycles. The summed E-state index contributed by atoms with van der Waals surface area (Å²) in [6.45, 7) is 0.825. The molecule has 1 N–H and O–H groups in total. The van der Waals surface area contributed by atoms with E-state index < -0.39 is 4.92 Å². The summed E-state index contributed by atoms with van der Waals surface area (Å²) in [5, 5.41) is 18.4. The maximum atomic E-state index is 11.0. The zero-order valence-corrected chi connectivity index (χ0v) is 11.0. The van der Waals surface area contributed by atoms with Crippen LogP contribution in [0.4, 0.5) is 5.69 Å².